The maximum atomic E-state index is 11.8. The Morgan fingerprint density at radius 2 is 1.63 bits per heavy atom. The Labute approximate surface area is 120 Å². The summed E-state index contributed by atoms with van der Waals surface area (Å²) in [4.78, 5) is 11.8. The molecule has 1 N–H and O–H groups in total. The molecule has 2 aromatic carbocycles. The molecule has 0 spiro atoms. The minimum Gasteiger partial charge on any atom is -0.267 e. The molecule has 3 nitrogen and oxygen atoms in total. The van der Waals surface area contributed by atoms with Crippen molar-refractivity contribution in [2.75, 3.05) is 0 Å². The van der Waals surface area contributed by atoms with Gasteiger partial charge in [-0.2, -0.15) is 5.10 Å². The quantitative estimate of drug-likeness (QED) is 0.682. The Kier molecular flexibility index (Phi) is 4.47. The first-order valence-electron chi connectivity index (χ1n) is 5.82. The standard InChI is InChI=1S/C15H13BrN2O/c1-11(12-7-9-14(16)10-8-12)17-18-15(19)13-5-3-2-4-6-13/h2-10H,1H3,(H,18,19)/b17-11-. The molecule has 0 heterocycles. The molecule has 4 heteroatoms. The van der Waals surface area contributed by atoms with Crippen molar-refractivity contribution in [3.63, 3.8) is 0 Å². The van der Waals surface area contributed by atoms with E-state index in [9.17, 15) is 4.79 Å². The van der Waals surface area contributed by atoms with Crippen LogP contribution in [0.5, 0.6) is 0 Å². The van der Waals surface area contributed by atoms with Crippen molar-refractivity contribution in [1.29, 1.82) is 0 Å². The predicted molar refractivity (Wildman–Crippen MR) is 80.3 cm³/mol. The largest absolute Gasteiger partial charge is 0.271 e. The van der Waals surface area contributed by atoms with Crippen molar-refractivity contribution in [2.24, 2.45) is 5.10 Å². The average molecular weight is 317 g/mol. The number of carbonyl (C=O) groups excluding carboxylic acids is 1. The highest BCUT2D eigenvalue weighted by atomic mass is 79.9. The van der Waals surface area contributed by atoms with Gasteiger partial charge in [-0.05, 0) is 36.8 Å². The number of halogens is 1. The van der Waals surface area contributed by atoms with Crippen molar-refractivity contribution in [2.45, 2.75) is 6.92 Å². The SMILES string of the molecule is C/C(=N/NC(=O)c1ccccc1)c1ccc(Br)cc1. The molecule has 19 heavy (non-hydrogen) atoms. The third kappa shape index (κ3) is 3.76. The van der Waals surface area contributed by atoms with E-state index in [1.54, 1.807) is 12.1 Å². The van der Waals surface area contributed by atoms with Crippen LogP contribution in [0.4, 0.5) is 0 Å². The van der Waals surface area contributed by atoms with Crippen LogP contribution in [0.25, 0.3) is 0 Å². The number of amides is 1. The Hall–Kier alpha value is -1.94. The van der Waals surface area contributed by atoms with Crippen LogP contribution in [0.15, 0.2) is 64.2 Å². The molecule has 0 aliphatic rings. The van der Waals surface area contributed by atoms with Gasteiger partial charge in [0, 0.05) is 10.0 Å². The van der Waals surface area contributed by atoms with E-state index in [0.717, 1.165) is 15.7 Å². The number of benzene rings is 2. The highest BCUT2D eigenvalue weighted by Gasteiger charge is 2.03. The zero-order chi connectivity index (χ0) is 13.7. The second-order valence-electron chi connectivity index (χ2n) is 4.01. The Morgan fingerprint density at radius 3 is 2.26 bits per heavy atom. The van der Waals surface area contributed by atoms with Crippen molar-refractivity contribution < 1.29 is 4.79 Å². The maximum Gasteiger partial charge on any atom is 0.271 e. The van der Waals surface area contributed by atoms with Crippen LogP contribution in [0.3, 0.4) is 0 Å². The molecule has 0 unspecified atom stereocenters. The topological polar surface area (TPSA) is 41.5 Å². The molecule has 0 radical (unpaired) electrons. The fraction of sp³-hybridized carbons (Fsp3) is 0.0667. The van der Waals surface area contributed by atoms with Crippen molar-refractivity contribution in [1.82, 2.24) is 5.43 Å². The van der Waals surface area contributed by atoms with Gasteiger partial charge in [0.15, 0.2) is 0 Å². The third-order valence-corrected chi connectivity index (χ3v) is 3.15. The van der Waals surface area contributed by atoms with Crippen molar-refractivity contribution in [3.05, 3.63) is 70.2 Å². The predicted octanol–water partition coefficient (Wildman–Crippen LogP) is 3.60. The highest BCUT2D eigenvalue weighted by Crippen LogP contribution is 2.11. The normalized spacial score (nSPS) is 11.2. The number of hydrogen-bond acceptors (Lipinski definition) is 2. The number of nitrogens with zero attached hydrogens (tertiary/aromatic N) is 1. The van der Waals surface area contributed by atoms with Gasteiger partial charge in [-0.25, -0.2) is 5.43 Å². The van der Waals surface area contributed by atoms with Gasteiger partial charge in [0.25, 0.3) is 5.91 Å². The van der Waals surface area contributed by atoms with Crippen LogP contribution < -0.4 is 5.43 Å². The first-order chi connectivity index (χ1) is 9.16. The van der Waals surface area contributed by atoms with Gasteiger partial charge in [-0.3, -0.25) is 4.79 Å². The minimum absolute atomic E-state index is 0.211. The molecule has 0 aliphatic heterocycles. The molecule has 1 amide bonds. The summed E-state index contributed by atoms with van der Waals surface area (Å²) in [6.07, 6.45) is 0. The molecular weight excluding hydrogens is 304 g/mol. The maximum absolute atomic E-state index is 11.8. The summed E-state index contributed by atoms with van der Waals surface area (Å²) in [6.45, 7) is 1.86. The Balaban J connectivity index is 2.06. The smallest absolute Gasteiger partial charge is 0.267 e. The molecule has 2 aromatic rings. The summed E-state index contributed by atoms with van der Waals surface area (Å²) >= 11 is 3.38. The summed E-state index contributed by atoms with van der Waals surface area (Å²) in [7, 11) is 0. The van der Waals surface area contributed by atoms with Gasteiger partial charge in [-0.1, -0.05) is 46.3 Å². The molecule has 96 valence electrons. The van der Waals surface area contributed by atoms with Crippen LogP contribution in [0.2, 0.25) is 0 Å². The van der Waals surface area contributed by atoms with E-state index in [1.807, 2.05) is 49.4 Å². The monoisotopic (exact) mass is 316 g/mol. The summed E-state index contributed by atoms with van der Waals surface area (Å²) < 4.78 is 1.01. The van der Waals surface area contributed by atoms with Gasteiger partial charge in [0.1, 0.15) is 0 Å². The zero-order valence-corrected chi connectivity index (χ0v) is 12.0. The van der Waals surface area contributed by atoms with Crippen molar-refractivity contribution in [3.8, 4) is 0 Å². The molecule has 0 fully saturated rings. The van der Waals surface area contributed by atoms with E-state index >= 15 is 0 Å². The molecule has 0 aliphatic carbocycles. The fourth-order valence-corrected chi connectivity index (χ4v) is 1.81. The zero-order valence-electron chi connectivity index (χ0n) is 10.4. The van der Waals surface area contributed by atoms with Crippen LogP contribution in [0, 0.1) is 0 Å². The number of carbonyl (C=O) groups is 1. The van der Waals surface area contributed by atoms with E-state index < -0.39 is 0 Å². The van der Waals surface area contributed by atoms with E-state index in [-0.39, 0.29) is 5.91 Å². The number of nitrogens with one attached hydrogen (secondary N) is 1. The fourth-order valence-electron chi connectivity index (χ4n) is 1.54. The number of hydrogen-bond donors (Lipinski definition) is 1. The summed E-state index contributed by atoms with van der Waals surface area (Å²) in [5.74, 6) is -0.211. The van der Waals surface area contributed by atoms with Gasteiger partial charge in [0.2, 0.25) is 0 Å². The van der Waals surface area contributed by atoms with Gasteiger partial charge in [0.05, 0.1) is 5.71 Å². The lowest BCUT2D eigenvalue weighted by atomic mass is 10.1. The molecule has 2 rings (SSSR count). The second-order valence-corrected chi connectivity index (χ2v) is 4.93. The molecule has 0 saturated heterocycles. The van der Waals surface area contributed by atoms with Crippen LogP contribution in [0.1, 0.15) is 22.8 Å². The van der Waals surface area contributed by atoms with E-state index in [4.69, 9.17) is 0 Å². The molecule has 0 bridgehead atoms. The number of rotatable bonds is 3. The molecule has 0 atom stereocenters. The first-order valence-corrected chi connectivity index (χ1v) is 6.62. The molecular formula is C15H13BrN2O. The molecule has 0 saturated carbocycles. The van der Waals surface area contributed by atoms with E-state index in [0.29, 0.717) is 5.56 Å². The average Bonchev–Trinajstić information content (AvgIpc) is 2.46. The summed E-state index contributed by atoms with van der Waals surface area (Å²) in [6, 6.07) is 16.8. The summed E-state index contributed by atoms with van der Waals surface area (Å²) in [5.41, 5.74) is 4.87. The lowest BCUT2D eigenvalue weighted by Gasteiger charge is -2.03. The number of hydrazone groups is 1. The van der Waals surface area contributed by atoms with Gasteiger partial charge < -0.3 is 0 Å². The first kappa shape index (κ1) is 13.5. The van der Waals surface area contributed by atoms with Crippen LogP contribution in [-0.2, 0) is 0 Å². The Bertz CT molecular complexity index is 591. The lowest BCUT2D eigenvalue weighted by molar-refractivity contribution is 0.0955. The summed E-state index contributed by atoms with van der Waals surface area (Å²) in [5, 5.41) is 4.10. The lowest BCUT2D eigenvalue weighted by Crippen LogP contribution is -2.19. The van der Waals surface area contributed by atoms with Crippen molar-refractivity contribution >= 4 is 27.5 Å². The highest BCUT2D eigenvalue weighted by molar-refractivity contribution is 9.10. The van der Waals surface area contributed by atoms with Gasteiger partial charge >= 0.3 is 0 Å². The molecule has 0 aromatic heterocycles. The third-order valence-electron chi connectivity index (χ3n) is 2.62. The van der Waals surface area contributed by atoms with E-state index in [2.05, 4.69) is 26.5 Å². The van der Waals surface area contributed by atoms with Crippen LogP contribution in [-0.4, -0.2) is 11.6 Å². The Morgan fingerprint density at radius 1 is 1.00 bits per heavy atom. The van der Waals surface area contributed by atoms with Gasteiger partial charge in [-0.15, -0.1) is 0 Å². The van der Waals surface area contributed by atoms with E-state index in [1.165, 1.54) is 0 Å². The van der Waals surface area contributed by atoms with Crippen LogP contribution >= 0.6 is 15.9 Å². The second kappa shape index (κ2) is 6.29. The minimum atomic E-state index is -0.211.